The zero-order valence-corrected chi connectivity index (χ0v) is 87.6. The summed E-state index contributed by atoms with van der Waals surface area (Å²) >= 11 is 0. The fourth-order valence-corrected chi connectivity index (χ4v) is 7.85. The highest BCUT2D eigenvalue weighted by molar-refractivity contribution is 5.15. The maximum atomic E-state index is 3.17. The third-order valence-corrected chi connectivity index (χ3v) is 13.4. The average Bonchev–Trinajstić information content (AvgIpc) is 1.13. The summed E-state index contributed by atoms with van der Waals surface area (Å²) in [4.78, 5) is 0. The molecular formula is C150H334. The van der Waals surface area contributed by atoms with Crippen molar-refractivity contribution in [2.45, 2.75) is 645 Å². The molecule has 0 fully saturated rings. The van der Waals surface area contributed by atoms with Gasteiger partial charge in [-0.2, -0.15) is 0 Å². The maximum Gasteiger partial charge on any atom is 0.0702 e. The van der Waals surface area contributed by atoms with E-state index in [-0.39, 0.29) is 238 Å². The van der Waals surface area contributed by atoms with Crippen LogP contribution in [0.3, 0.4) is 0 Å². The Balaban J connectivity index is -0.0000000201. The highest BCUT2D eigenvalue weighted by Gasteiger charge is 1.97. The molecule has 0 heterocycles. The lowest BCUT2D eigenvalue weighted by atomic mass is 10.0. The molecule has 0 aromatic rings. The molecular weight excluding hydrogens is 1800 g/mol. The third-order valence-electron chi connectivity index (χ3n) is 13.4. The zero-order valence-electron chi connectivity index (χ0n) is 87.6. The minimum atomic E-state index is 0. The van der Waals surface area contributed by atoms with Crippen LogP contribution in [0.2, 0.25) is 0 Å². The molecule has 0 aliphatic carbocycles. The second-order valence-corrected chi connectivity index (χ2v) is 38.6. The smallest absolute Gasteiger partial charge is 0.0702 e. The van der Waals surface area contributed by atoms with Crippen LogP contribution >= 0.6 is 0 Å². The first-order valence-electron chi connectivity index (χ1n) is 47.3. The SMILES string of the molecule is C.C.C.C.C.C.C.C.C.C.C.C.C.C.C.C.C.C.C.C.C.C.C.C.C.C.C.C.C.C.C.C.CC(C)/C=C/C(C)C.CC(C)/C=C/C/C=C/C(C)C.CC(C)/C=C/C/C=C/C/C=C/C(C)C.CC(C)C#CC(C)C.CC(C)C#CC/C=C/CC#CC(C)C.CC(C)C#CCC#CC(C)C.CC(C)C#CCC#CCC(C)C.CC(C)C/C=C/C/C=C/CC(C)C.CC(C)C/C=C/CC(C)C.CC(C)CC#CCC(C)C.CC(C)CC(C)C. The van der Waals surface area contributed by atoms with E-state index in [9.17, 15) is 0 Å². The lowest BCUT2D eigenvalue weighted by molar-refractivity contribution is 0.469. The van der Waals surface area contributed by atoms with Gasteiger partial charge in [0.05, 0.1) is 12.8 Å². The van der Waals surface area contributed by atoms with E-state index in [0.29, 0.717) is 82.9 Å². The molecule has 0 N–H and O–H groups in total. The first kappa shape index (κ1) is 289. The topological polar surface area (TPSA) is 0 Å². The summed E-state index contributed by atoms with van der Waals surface area (Å²) in [5.74, 6) is 64.0. The second-order valence-electron chi connectivity index (χ2n) is 38.6. The molecule has 0 spiro atoms. The fourth-order valence-electron chi connectivity index (χ4n) is 7.85. The van der Waals surface area contributed by atoms with Gasteiger partial charge < -0.3 is 0 Å². The van der Waals surface area contributed by atoms with E-state index >= 15 is 0 Å². The summed E-state index contributed by atoms with van der Waals surface area (Å²) in [7, 11) is 0. The van der Waals surface area contributed by atoms with Crippen LogP contribution in [0.4, 0.5) is 0 Å². The largest absolute Gasteiger partial charge is 0.103 e. The van der Waals surface area contributed by atoms with E-state index in [4.69, 9.17) is 0 Å². The molecule has 0 amide bonds. The van der Waals surface area contributed by atoms with Crippen LogP contribution in [0, 0.1) is 225 Å². The summed E-state index contributed by atoms with van der Waals surface area (Å²) in [5, 5.41) is 0. The van der Waals surface area contributed by atoms with Crippen LogP contribution in [-0.2, 0) is 0 Å². The Morgan fingerprint density at radius 1 is 0.133 bits per heavy atom. The Kier molecular flexibility index (Phi) is 442. The normalized spacial score (nSPS) is 8.68. The number of allylic oxidation sites excluding steroid dienone is 20. The summed E-state index contributed by atoms with van der Waals surface area (Å²) in [6.45, 7) is 95.9. The molecule has 0 saturated heterocycles. The van der Waals surface area contributed by atoms with Gasteiger partial charge in [-0.1, -0.05) is 717 Å². The molecule has 0 radical (unpaired) electrons. The van der Waals surface area contributed by atoms with Crippen LogP contribution in [0.1, 0.15) is 645 Å². The molecule has 0 aliphatic heterocycles. The van der Waals surface area contributed by atoms with Crippen molar-refractivity contribution in [3.8, 4) is 94.7 Å². The highest BCUT2D eigenvalue weighted by Crippen LogP contribution is 2.10. The monoisotopic (exact) mass is 2140 g/mol. The van der Waals surface area contributed by atoms with Crippen molar-refractivity contribution in [1.82, 2.24) is 0 Å². The lowest BCUT2D eigenvalue weighted by Gasteiger charge is -2.05. The molecule has 0 nitrogen and oxygen atoms in total. The minimum absolute atomic E-state index is 0. The quantitative estimate of drug-likeness (QED) is 0.0517. The average molecular weight is 2140 g/mol. The summed E-state index contributed by atoms with van der Waals surface area (Å²) in [6, 6.07) is 0. The molecule has 0 aliphatic rings. The van der Waals surface area contributed by atoms with E-state index in [1.54, 1.807) is 0 Å². The van der Waals surface area contributed by atoms with Crippen LogP contribution in [0.5, 0.6) is 0 Å². The lowest BCUT2D eigenvalue weighted by Crippen LogP contribution is -1.93. The van der Waals surface area contributed by atoms with E-state index in [1.807, 2.05) is 0 Å². The molecule has 0 aromatic heterocycles. The molecule has 150 heavy (non-hydrogen) atoms. The Morgan fingerprint density at radius 3 is 0.447 bits per heavy atom. The zero-order chi connectivity index (χ0) is 93.5. The minimum Gasteiger partial charge on any atom is -0.103 e. The Hall–Kier alpha value is -6.12. The number of hydrogen-bond donors (Lipinski definition) is 0. The predicted molar refractivity (Wildman–Crippen MR) is 769 cm³/mol. The first-order valence-corrected chi connectivity index (χ1v) is 47.3. The van der Waals surface area contributed by atoms with Crippen molar-refractivity contribution >= 4 is 0 Å². The summed E-state index contributed by atoms with van der Waals surface area (Å²) < 4.78 is 0. The van der Waals surface area contributed by atoms with Gasteiger partial charge in [-0.3, -0.25) is 0 Å². The molecule has 0 aromatic carbocycles. The standard InChI is InChI=1S/C14H24.C14H20.C13H24.C12H18.C11H20.C11H16.C10H20.C10H18.C8H16.C8H14.C7H16.32CH4/c2*1-13(2)11-9-7-5-6-8-10-12-14(3)4;1-12(2)10-8-6-5-7-9-11-13(3)4;1-11(2)9-7-5-6-8-10-12(3)4;2*1-10(2)8-6-5-7-9-11(3)4;2*1-9(2)7-5-6-8-10(3)4;2*1-7(2)5-6-8(3)4;1-6(2)5-7(3)4;;;;;;;;;;;;;;;;;;;;;;;;;;;;;;;;/h5-6,9-14H,7-8H2,1-4H3;5-6,13-14H,7-8H2,1-4H3;6-9,12-13H,5,10-11H2,1-4H3;11-12H,5,10H2,1-4H3;6-11H,5H2,1-4H3;10-11H,5H2,1-4H3;5-6,9-10H,7-8H2,1-4H3;9-10H,7-8H2,1-4H3;5-8H,1-4H3;7-8H,1-4H3;6-7H,5H2,1-4H3;32*1H4/b6-5+,11-9+,12-10+;6-5+;8-6+,9-7+;;8-6+,9-7+;;6-5+;;6-5+;;;;;;;;;;;;;;;;;;;;;;;;;;;;;;;;;;. The van der Waals surface area contributed by atoms with Gasteiger partial charge in [0.2, 0.25) is 0 Å². The van der Waals surface area contributed by atoms with Crippen molar-refractivity contribution in [1.29, 1.82) is 0 Å². The number of rotatable bonds is 29. The Labute approximate surface area is 984 Å². The second kappa shape index (κ2) is 230. The maximum absolute atomic E-state index is 3.17. The van der Waals surface area contributed by atoms with Gasteiger partial charge in [-0.25, -0.2) is 0 Å². The van der Waals surface area contributed by atoms with E-state index in [0.717, 1.165) is 118 Å². The van der Waals surface area contributed by atoms with Gasteiger partial charge in [0.15, 0.2) is 0 Å². The summed E-state index contributed by atoms with van der Waals surface area (Å²) in [6.07, 6.45) is 61.4. The van der Waals surface area contributed by atoms with Crippen LogP contribution in [0.15, 0.2) is 122 Å². The van der Waals surface area contributed by atoms with E-state index in [2.05, 4.69) is 521 Å². The Bertz CT molecular complexity index is 2770. The molecule has 0 bridgehead atoms. The van der Waals surface area contributed by atoms with Gasteiger partial charge in [0, 0.05) is 73.5 Å². The van der Waals surface area contributed by atoms with Crippen molar-refractivity contribution in [2.75, 3.05) is 0 Å². The molecule has 0 heteroatoms. The van der Waals surface area contributed by atoms with Crippen LogP contribution in [0.25, 0.3) is 0 Å². The molecule has 0 rings (SSSR count). The van der Waals surface area contributed by atoms with Crippen LogP contribution in [-0.4, -0.2) is 0 Å². The van der Waals surface area contributed by atoms with Crippen molar-refractivity contribution < 1.29 is 0 Å². The molecule has 0 saturated carbocycles. The predicted octanol–water partition coefficient (Wildman–Crippen LogP) is 57.5. The van der Waals surface area contributed by atoms with Gasteiger partial charge in [0.1, 0.15) is 0 Å². The van der Waals surface area contributed by atoms with Crippen LogP contribution < -0.4 is 0 Å². The van der Waals surface area contributed by atoms with Gasteiger partial charge >= 0.3 is 0 Å². The molecule has 0 unspecified atom stereocenters. The van der Waals surface area contributed by atoms with Crippen molar-refractivity contribution in [2.24, 2.45) is 130 Å². The van der Waals surface area contributed by atoms with Crippen molar-refractivity contribution in [3.63, 3.8) is 0 Å². The fraction of sp³-hybridized carbons (Fsp3) is 0.760. The van der Waals surface area contributed by atoms with Crippen molar-refractivity contribution in [3.05, 3.63) is 122 Å². The number of hydrogen-bond acceptors (Lipinski definition) is 0. The van der Waals surface area contributed by atoms with E-state index in [1.165, 1.54) is 32.1 Å². The molecule has 0 atom stereocenters. The van der Waals surface area contributed by atoms with E-state index < -0.39 is 0 Å². The first-order chi connectivity index (χ1) is 54.9. The molecule has 934 valence electrons. The third kappa shape index (κ3) is 453. The Morgan fingerprint density at radius 2 is 0.287 bits per heavy atom. The summed E-state index contributed by atoms with van der Waals surface area (Å²) in [5.41, 5.74) is 0. The van der Waals surface area contributed by atoms with Gasteiger partial charge in [0.25, 0.3) is 0 Å². The van der Waals surface area contributed by atoms with Gasteiger partial charge in [-0.15, -0.1) is 41.4 Å². The van der Waals surface area contributed by atoms with Gasteiger partial charge in [-0.05, 0) is 147 Å². The highest BCUT2D eigenvalue weighted by atomic mass is 14.0.